The highest BCUT2D eigenvalue weighted by atomic mass is 16.2. The normalized spacial score (nSPS) is 22.3. The van der Waals surface area contributed by atoms with E-state index in [4.69, 9.17) is 0 Å². The fourth-order valence-corrected chi connectivity index (χ4v) is 5.65. The van der Waals surface area contributed by atoms with E-state index < -0.39 is 0 Å². The number of likely N-dealkylation sites (tertiary alicyclic amines) is 1. The molecule has 3 amide bonds. The highest BCUT2D eigenvalue weighted by Gasteiger charge is 2.27. The average molecular weight is 424 g/mol. The molecule has 7 nitrogen and oxygen atoms in total. The second-order valence-electron chi connectivity index (χ2n) is 9.43. The van der Waals surface area contributed by atoms with Crippen molar-refractivity contribution >= 4 is 28.5 Å². The van der Waals surface area contributed by atoms with Crippen molar-refractivity contribution in [3.63, 3.8) is 0 Å². The van der Waals surface area contributed by atoms with Gasteiger partial charge in [-0.1, -0.05) is 32.1 Å². The van der Waals surface area contributed by atoms with E-state index >= 15 is 0 Å². The first kappa shape index (κ1) is 20.5. The number of nitrogens with zero attached hydrogens (tertiary/aromatic N) is 4. The third kappa shape index (κ3) is 4.33. The molecule has 1 saturated carbocycles. The van der Waals surface area contributed by atoms with Crippen molar-refractivity contribution in [3.8, 4) is 0 Å². The van der Waals surface area contributed by atoms with Crippen LogP contribution in [-0.4, -0.2) is 52.6 Å². The van der Waals surface area contributed by atoms with E-state index in [1.54, 1.807) is 11.1 Å². The summed E-state index contributed by atoms with van der Waals surface area (Å²) in [6, 6.07) is 2.20. The topological polar surface area (TPSA) is 70.5 Å². The van der Waals surface area contributed by atoms with Crippen LogP contribution in [0.1, 0.15) is 63.8 Å². The molecule has 3 aliphatic rings. The Kier molecular flexibility index (Phi) is 5.94. The Hall–Kier alpha value is -2.41. The maximum Gasteiger partial charge on any atom is 0.328 e. The zero-order chi connectivity index (χ0) is 21.2. The molecule has 2 saturated heterocycles. The van der Waals surface area contributed by atoms with Gasteiger partial charge in [0.2, 0.25) is 5.91 Å². The van der Waals surface area contributed by atoms with E-state index in [1.807, 2.05) is 6.20 Å². The van der Waals surface area contributed by atoms with E-state index in [0.29, 0.717) is 19.0 Å². The first-order valence-corrected chi connectivity index (χ1v) is 12.0. The first-order valence-electron chi connectivity index (χ1n) is 12.0. The molecule has 7 heteroatoms. The predicted octanol–water partition coefficient (Wildman–Crippen LogP) is 4.09. The van der Waals surface area contributed by atoms with Gasteiger partial charge < -0.3 is 9.47 Å². The lowest BCUT2D eigenvalue weighted by Crippen LogP contribution is -2.49. The summed E-state index contributed by atoms with van der Waals surface area (Å²) in [6.07, 6.45) is 16.9. The Morgan fingerprint density at radius 1 is 1.00 bits per heavy atom. The number of rotatable bonds is 5. The molecule has 1 N–H and O–H groups in total. The van der Waals surface area contributed by atoms with E-state index in [0.717, 1.165) is 48.4 Å². The maximum atomic E-state index is 12.3. The minimum Gasteiger partial charge on any atom is -0.343 e. The number of anilines is 1. The number of nitrogens with one attached hydrogen (secondary N) is 1. The third-order valence-electron chi connectivity index (χ3n) is 7.50. The monoisotopic (exact) mass is 423 g/mol. The molecule has 0 spiro atoms. The Balaban J connectivity index is 1.24. The van der Waals surface area contributed by atoms with Gasteiger partial charge in [-0.25, -0.2) is 4.79 Å². The van der Waals surface area contributed by atoms with Crippen LogP contribution in [0.25, 0.3) is 10.9 Å². The van der Waals surface area contributed by atoms with Crippen LogP contribution in [0.15, 0.2) is 24.7 Å². The van der Waals surface area contributed by atoms with Gasteiger partial charge in [0, 0.05) is 43.7 Å². The van der Waals surface area contributed by atoms with Crippen molar-refractivity contribution in [2.75, 3.05) is 31.1 Å². The number of hydrogen-bond acceptors (Lipinski definition) is 4. The quantitative estimate of drug-likeness (QED) is 0.786. The Labute approximate surface area is 183 Å². The molecule has 2 aromatic heterocycles. The van der Waals surface area contributed by atoms with Crippen LogP contribution >= 0.6 is 0 Å². The molecule has 0 bridgehead atoms. The van der Waals surface area contributed by atoms with Gasteiger partial charge in [-0.05, 0) is 37.8 Å². The number of urea groups is 1. The molecule has 5 rings (SSSR count). The SMILES string of the molecule is O=C1CCN(c2cncc3c2ccn3C2CCN(CCC3CCCCC3)CC2)C(=O)N1. The van der Waals surface area contributed by atoms with Crippen LogP contribution in [0.3, 0.4) is 0 Å². The average Bonchev–Trinajstić information content (AvgIpc) is 3.23. The number of carbonyl (C=O) groups excluding carboxylic acids is 2. The number of piperidine rings is 1. The first-order chi connectivity index (χ1) is 15.2. The smallest absolute Gasteiger partial charge is 0.328 e. The molecule has 0 aromatic carbocycles. The minimum atomic E-state index is -0.357. The summed E-state index contributed by atoms with van der Waals surface area (Å²) in [6.45, 7) is 3.95. The van der Waals surface area contributed by atoms with Gasteiger partial charge in [-0.15, -0.1) is 0 Å². The molecular formula is C24H33N5O2. The second kappa shape index (κ2) is 8.99. The van der Waals surface area contributed by atoms with Gasteiger partial charge >= 0.3 is 6.03 Å². The fraction of sp³-hybridized carbons (Fsp3) is 0.625. The summed E-state index contributed by atoms with van der Waals surface area (Å²) in [5.74, 6) is 0.737. The zero-order valence-electron chi connectivity index (χ0n) is 18.3. The number of aromatic nitrogens is 2. The molecule has 2 aromatic rings. The van der Waals surface area contributed by atoms with Gasteiger partial charge in [0.15, 0.2) is 0 Å². The number of amides is 3. The molecule has 0 radical (unpaired) electrons. The van der Waals surface area contributed by atoms with Gasteiger partial charge in [-0.2, -0.15) is 0 Å². The molecule has 0 unspecified atom stereocenters. The van der Waals surface area contributed by atoms with Crippen LogP contribution < -0.4 is 10.2 Å². The molecule has 4 heterocycles. The summed E-state index contributed by atoms with van der Waals surface area (Å²) < 4.78 is 2.34. The molecule has 1 aliphatic carbocycles. The fourth-order valence-electron chi connectivity index (χ4n) is 5.65. The van der Waals surface area contributed by atoms with Crippen molar-refractivity contribution in [1.82, 2.24) is 19.8 Å². The summed E-state index contributed by atoms with van der Waals surface area (Å²) in [5.41, 5.74) is 1.86. The van der Waals surface area contributed by atoms with Crippen molar-refractivity contribution < 1.29 is 9.59 Å². The molecule has 2 aliphatic heterocycles. The highest BCUT2D eigenvalue weighted by molar-refractivity contribution is 6.09. The van der Waals surface area contributed by atoms with Gasteiger partial charge in [0.1, 0.15) is 0 Å². The van der Waals surface area contributed by atoms with E-state index in [9.17, 15) is 9.59 Å². The second-order valence-corrected chi connectivity index (χ2v) is 9.43. The molecule has 166 valence electrons. The van der Waals surface area contributed by atoms with Crippen molar-refractivity contribution in [3.05, 3.63) is 24.7 Å². The maximum absolute atomic E-state index is 12.3. The lowest BCUT2D eigenvalue weighted by Gasteiger charge is -2.34. The van der Waals surface area contributed by atoms with Crippen LogP contribution in [0.4, 0.5) is 10.5 Å². The molecule has 0 atom stereocenters. The number of fused-ring (bicyclic) bond motifs is 1. The van der Waals surface area contributed by atoms with Gasteiger partial charge in [-0.3, -0.25) is 20.0 Å². The lowest BCUT2D eigenvalue weighted by atomic mass is 9.87. The van der Waals surface area contributed by atoms with Crippen LogP contribution in [0, 0.1) is 5.92 Å². The number of imide groups is 1. The summed E-state index contributed by atoms with van der Waals surface area (Å²) in [4.78, 5) is 32.5. The molecule has 31 heavy (non-hydrogen) atoms. The lowest BCUT2D eigenvalue weighted by molar-refractivity contribution is -0.120. The van der Waals surface area contributed by atoms with Gasteiger partial charge in [0.05, 0.1) is 23.6 Å². The molecular weight excluding hydrogens is 390 g/mol. The third-order valence-corrected chi connectivity index (χ3v) is 7.50. The van der Waals surface area contributed by atoms with E-state index in [2.05, 4.69) is 32.0 Å². The van der Waals surface area contributed by atoms with Crippen molar-refractivity contribution in [1.29, 1.82) is 0 Å². The zero-order valence-corrected chi connectivity index (χ0v) is 18.3. The van der Waals surface area contributed by atoms with Crippen molar-refractivity contribution in [2.45, 2.75) is 63.8 Å². The summed E-state index contributed by atoms with van der Waals surface area (Å²) in [7, 11) is 0. The minimum absolute atomic E-state index is 0.214. The number of pyridine rings is 1. The standard InChI is InChI=1S/C24H33N5O2/c30-23-10-15-29(24(31)26-23)22-17-25-16-21-20(22)9-14-28(21)19-7-12-27(13-8-19)11-6-18-4-2-1-3-5-18/h9,14,16-19H,1-8,10-13,15H2,(H,26,30,31). The largest absolute Gasteiger partial charge is 0.343 e. The van der Waals surface area contributed by atoms with Crippen molar-refractivity contribution in [2.24, 2.45) is 5.92 Å². The van der Waals surface area contributed by atoms with Crippen LogP contribution in [0.5, 0.6) is 0 Å². The van der Waals surface area contributed by atoms with Crippen LogP contribution in [0.2, 0.25) is 0 Å². The van der Waals surface area contributed by atoms with Crippen LogP contribution in [-0.2, 0) is 4.79 Å². The van der Waals surface area contributed by atoms with E-state index in [1.165, 1.54) is 45.1 Å². The highest BCUT2D eigenvalue weighted by Crippen LogP contribution is 2.33. The Morgan fingerprint density at radius 2 is 1.81 bits per heavy atom. The summed E-state index contributed by atoms with van der Waals surface area (Å²) >= 11 is 0. The molecule has 3 fully saturated rings. The summed E-state index contributed by atoms with van der Waals surface area (Å²) in [5, 5.41) is 3.44. The van der Waals surface area contributed by atoms with Gasteiger partial charge in [0.25, 0.3) is 0 Å². The Morgan fingerprint density at radius 3 is 2.58 bits per heavy atom. The predicted molar refractivity (Wildman–Crippen MR) is 121 cm³/mol. The van der Waals surface area contributed by atoms with E-state index in [-0.39, 0.29) is 11.9 Å². The Bertz CT molecular complexity index is 941. The number of carbonyl (C=O) groups is 2. The number of hydrogen-bond donors (Lipinski definition) is 1.